The van der Waals surface area contributed by atoms with Crippen molar-refractivity contribution >= 4 is 11.9 Å². The number of amides is 1. The first-order valence-corrected chi connectivity index (χ1v) is 5.85. The van der Waals surface area contributed by atoms with Crippen molar-refractivity contribution in [3.05, 3.63) is 17.5 Å². The van der Waals surface area contributed by atoms with Crippen LogP contribution in [0.2, 0.25) is 0 Å². The second kappa shape index (κ2) is 6.18. The Balaban J connectivity index is 2.79. The highest BCUT2D eigenvalue weighted by Crippen LogP contribution is 2.10. The van der Waals surface area contributed by atoms with E-state index in [-0.39, 0.29) is 24.3 Å². The van der Waals surface area contributed by atoms with Crippen LogP contribution in [-0.4, -0.2) is 41.1 Å². The van der Waals surface area contributed by atoms with E-state index in [1.807, 2.05) is 13.8 Å². The first-order valence-electron chi connectivity index (χ1n) is 5.85. The van der Waals surface area contributed by atoms with Gasteiger partial charge in [0, 0.05) is 12.1 Å². The molecule has 0 saturated carbocycles. The summed E-state index contributed by atoms with van der Waals surface area (Å²) in [5.41, 5.74) is 0.623. The molecule has 0 bridgehead atoms. The van der Waals surface area contributed by atoms with Gasteiger partial charge in [0.05, 0.1) is 12.3 Å². The maximum Gasteiger partial charge on any atom is 0.325 e. The third-order valence-corrected chi connectivity index (χ3v) is 2.33. The molecule has 18 heavy (non-hydrogen) atoms. The average Bonchev–Trinajstić information content (AvgIpc) is 2.72. The molecule has 0 aliphatic rings. The van der Waals surface area contributed by atoms with E-state index in [0.717, 1.165) is 0 Å². The number of carbonyl (C=O) groups is 2. The lowest BCUT2D eigenvalue weighted by Gasteiger charge is -2.24. The fourth-order valence-corrected chi connectivity index (χ4v) is 1.44. The maximum absolute atomic E-state index is 12.1. The molecule has 1 aromatic heterocycles. The molecule has 0 fully saturated rings. The molecular weight excluding hydrogens is 236 g/mol. The lowest BCUT2D eigenvalue weighted by atomic mass is 10.2. The zero-order valence-electron chi connectivity index (χ0n) is 11.1. The molecule has 0 atom stereocenters. The van der Waals surface area contributed by atoms with Gasteiger partial charge in [-0.25, -0.2) is 0 Å². The molecule has 1 aromatic rings. The zero-order chi connectivity index (χ0) is 13.7. The second-order valence-electron chi connectivity index (χ2n) is 4.16. The van der Waals surface area contributed by atoms with Crippen LogP contribution in [0.15, 0.2) is 10.6 Å². The van der Waals surface area contributed by atoms with Crippen molar-refractivity contribution in [3.63, 3.8) is 0 Å². The highest BCUT2D eigenvalue weighted by atomic mass is 16.5. The van der Waals surface area contributed by atoms with Crippen LogP contribution in [0.5, 0.6) is 0 Å². The summed E-state index contributed by atoms with van der Waals surface area (Å²) in [7, 11) is 0. The number of rotatable bonds is 5. The maximum atomic E-state index is 12.1. The van der Waals surface area contributed by atoms with E-state index in [1.54, 1.807) is 19.9 Å². The number of esters is 1. The minimum Gasteiger partial charge on any atom is -0.465 e. The van der Waals surface area contributed by atoms with E-state index >= 15 is 0 Å². The molecule has 0 aromatic carbocycles. The lowest BCUT2D eigenvalue weighted by molar-refractivity contribution is -0.144. The largest absolute Gasteiger partial charge is 0.465 e. The lowest BCUT2D eigenvalue weighted by Crippen LogP contribution is -2.41. The first kappa shape index (κ1) is 14.2. The van der Waals surface area contributed by atoms with E-state index in [1.165, 1.54) is 4.90 Å². The Hall–Kier alpha value is -1.85. The van der Waals surface area contributed by atoms with Gasteiger partial charge in [-0.2, -0.15) is 0 Å². The van der Waals surface area contributed by atoms with Gasteiger partial charge >= 0.3 is 5.97 Å². The van der Waals surface area contributed by atoms with Crippen LogP contribution in [0, 0.1) is 6.92 Å². The summed E-state index contributed by atoms with van der Waals surface area (Å²) in [4.78, 5) is 24.9. The van der Waals surface area contributed by atoms with Crippen molar-refractivity contribution in [1.82, 2.24) is 10.1 Å². The van der Waals surface area contributed by atoms with Crippen LogP contribution in [-0.2, 0) is 9.53 Å². The molecule has 100 valence electrons. The molecule has 0 spiro atoms. The molecule has 6 nitrogen and oxygen atoms in total. The van der Waals surface area contributed by atoms with Gasteiger partial charge in [0.25, 0.3) is 5.91 Å². The third-order valence-electron chi connectivity index (χ3n) is 2.33. The zero-order valence-corrected chi connectivity index (χ0v) is 11.1. The Morgan fingerprint density at radius 2 is 2.17 bits per heavy atom. The molecule has 0 aliphatic heterocycles. The average molecular weight is 254 g/mol. The SMILES string of the molecule is CCOC(=O)CN(C(=O)c1cc(C)no1)C(C)C. The molecule has 0 radical (unpaired) electrons. The molecule has 0 saturated heterocycles. The Labute approximate surface area is 106 Å². The van der Waals surface area contributed by atoms with Crippen LogP contribution in [0.3, 0.4) is 0 Å². The van der Waals surface area contributed by atoms with Crippen LogP contribution < -0.4 is 0 Å². The number of hydrogen-bond donors (Lipinski definition) is 0. The van der Waals surface area contributed by atoms with Crippen LogP contribution in [0.25, 0.3) is 0 Å². The summed E-state index contributed by atoms with van der Waals surface area (Å²) in [6.45, 7) is 7.29. The number of hydrogen-bond acceptors (Lipinski definition) is 5. The summed E-state index contributed by atoms with van der Waals surface area (Å²) < 4.78 is 9.74. The van der Waals surface area contributed by atoms with Crippen molar-refractivity contribution in [2.45, 2.75) is 33.7 Å². The number of ether oxygens (including phenoxy) is 1. The minimum atomic E-state index is -0.434. The van der Waals surface area contributed by atoms with Crippen molar-refractivity contribution in [2.75, 3.05) is 13.2 Å². The molecule has 1 heterocycles. The topological polar surface area (TPSA) is 72.6 Å². The van der Waals surface area contributed by atoms with Crippen molar-refractivity contribution < 1.29 is 18.8 Å². The predicted molar refractivity (Wildman–Crippen MR) is 64.0 cm³/mol. The van der Waals surface area contributed by atoms with Crippen LogP contribution in [0.4, 0.5) is 0 Å². The van der Waals surface area contributed by atoms with Crippen LogP contribution in [0.1, 0.15) is 37.0 Å². The van der Waals surface area contributed by atoms with Gasteiger partial charge in [-0.1, -0.05) is 5.16 Å². The third kappa shape index (κ3) is 3.58. The summed E-state index contributed by atoms with van der Waals surface area (Å²) in [5, 5.41) is 3.66. The van der Waals surface area contributed by atoms with Crippen molar-refractivity contribution in [2.24, 2.45) is 0 Å². The van der Waals surface area contributed by atoms with Gasteiger partial charge in [0.2, 0.25) is 5.76 Å². The van der Waals surface area contributed by atoms with Gasteiger partial charge in [0.1, 0.15) is 6.54 Å². The highest BCUT2D eigenvalue weighted by molar-refractivity contribution is 5.93. The molecular formula is C12H18N2O4. The summed E-state index contributed by atoms with van der Waals surface area (Å²) in [5.74, 6) is -0.667. The molecule has 6 heteroatoms. The Bertz CT molecular complexity index is 425. The van der Waals surface area contributed by atoms with Crippen molar-refractivity contribution in [3.8, 4) is 0 Å². The van der Waals surface area contributed by atoms with E-state index < -0.39 is 5.97 Å². The molecule has 0 unspecified atom stereocenters. The normalized spacial score (nSPS) is 10.5. The summed E-state index contributed by atoms with van der Waals surface area (Å²) in [6, 6.07) is 1.41. The highest BCUT2D eigenvalue weighted by Gasteiger charge is 2.25. The van der Waals surface area contributed by atoms with Crippen LogP contribution >= 0.6 is 0 Å². The molecule has 1 amide bonds. The second-order valence-corrected chi connectivity index (χ2v) is 4.16. The number of nitrogens with zero attached hydrogens (tertiary/aromatic N) is 2. The Morgan fingerprint density at radius 1 is 1.50 bits per heavy atom. The predicted octanol–water partition coefficient (Wildman–Crippen LogP) is 1.40. The smallest absolute Gasteiger partial charge is 0.325 e. The van der Waals surface area contributed by atoms with E-state index in [4.69, 9.17) is 9.26 Å². The van der Waals surface area contributed by atoms with Gasteiger partial charge in [-0.05, 0) is 27.7 Å². The molecule has 0 aliphatic carbocycles. The standard InChI is InChI=1S/C12H18N2O4/c1-5-17-11(15)7-14(8(2)3)12(16)10-6-9(4)13-18-10/h6,8H,5,7H2,1-4H3. The van der Waals surface area contributed by atoms with E-state index in [0.29, 0.717) is 12.3 Å². The monoisotopic (exact) mass is 254 g/mol. The van der Waals surface area contributed by atoms with Gasteiger partial charge in [0.15, 0.2) is 0 Å². The molecule has 0 N–H and O–H groups in total. The van der Waals surface area contributed by atoms with Gasteiger partial charge < -0.3 is 14.2 Å². The Morgan fingerprint density at radius 3 is 2.61 bits per heavy atom. The van der Waals surface area contributed by atoms with Gasteiger partial charge in [-0.3, -0.25) is 9.59 Å². The fraction of sp³-hybridized carbons (Fsp3) is 0.583. The number of aryl methyl sites for hydroxylation is 1. The number of aromatic nitrogens is 1. The number of carbonyl (C=O) groups excluding carboxylic acids is 2. The van der Waals surface area contributed by atoms with Gasteiger partial charge in [-0.15, -0.1) is 0 Å². The minimum absolute atomic E-state index is 0.0932. The molecule has 1 rings (SSSR count). The quantitative estimate of drug-likeness (QED) is 0.742. The van der Waals surface area contributed by atoms with E-state index in [9.17, 15) is 9.59 Å². The Kier molecular flexibility index (Phi) is 4.88. The summed E-state index contributed by atoms with van der Waals surface area (Å²) >= 11 is 0. The summed E-state index contributed by atoms with van der Waals surface area (Å²) in [6.07, 6.45) is 0. The van der Waals surface area contributed by atoms with Crippen molar-refractivity contribution in [1.29, 1.82) is 0 Å². The van der Waals surface area contributed by atoms with E-state index in [2.05, 4.69) is 5.16 Å². The fourth-order valence-electron chi connectivity index (χ4n) is 1.44. The first-order chi connectivity index (χ1) is 8.45.